The summed E-state index contributed by atoms with van der Waals surface area (Å²) in [6, 6.07) is 10.4. The van der Waals surface area contributed by atoms with Crippen molar-refractivity contribution >= 4 is 13.7 Å². The van der Waals surface area contributed by atoms with Crippen LogP contribution >= 0.6 is 0 Å². The maximum atomic E-state index is 11.8. The Kier molecular flexibility index (Phi) is 6.68. The van der Waals surface area contributed by atoms with Gasteiger partial charge in [0.1, 0.15) is 0 Å². The molecule has 2 N–H and O–H groups in total. The molecule has 0 aliphatic rings. The Labute approximate surface area is 145 Å². The lowest BCUT2D eigenvalue weighted by Gasteiger charge is -2.30. The van der Waals surface area contributed by atoms with Crippen LogP contribution in [0.3, 0.4) is 0 Å². The van der Waals surface area contributed by atoms with Gasteiger partial charge in [-0.2, -0.15) is 0 Å². The van der Waals surface area contributed by atoms with Gasteiger partial charge in [-0.3, -0.25) is 9.97 Å². The normalized spacial score (nSPS) is 11.6. The molecule has 0 amide bonds. The Morgan fingerprint density at radius 1 is 0.960 bits per heavy atom. The Morgan fingerprint density at radius 3 is 2.04 bits per heavy atom. The third kappa shape index (κ3) is 4.65. The van der Waals surface area contributed by atoms with Crippen LogP contribution in [0.5, 0.6) is 0 Å². The molecule has 2 aromatic rings. The van der Waals surface area contributed by atoms with Crippen LogP contribution in [0.4, 0.5) is 0 Å². The fourth-order valence-corrected chi connectivity index (χ4v) is 6.03. The van der Waals surface area contributed by atoms with Crippen molar-refractivity contribution in [2.24, 2.45) is 0 Å². The predicted molar refractivity (Wildman–Crippen MR) is 96.4 cm³/mol. The van der Waals surface area contributed by atoms with Crippen LogP contribution in [0, 0.1) is 0 Å². The van der Waals surface area contributed by atoms with Crippen molar-refractivity contribution in [3.05, 3.63) is 61.8 Å². The van der Waals surface area contributed by atoms with Crippen molar-refractivity contribution < 1.29 is 8.85 Å². The summed E-state index contributed by atoms with van der Waals surface area (Å²) in [7, 11) is -2.67. The van der Waals surface area contributed by atoms with Crippen LogP contribution in [-0.2, 0) is 15.4 Å². The number of aromatic nitrogens is 3. The minimum atomic E-state index is -2.67. The molecule has 1 heterocycles. The molecule has 2 rings (SSSR count). The molecule has 1 aromatic heterocycles. The zero-order chi connectivity index (χ0) is 18.3. The summed E-state index contributed by atoms with van der Waals surface area (Å²) in [5.74, 6) is 0. The summed E-state index contributed by atoms with van der Waals surface area (Å²) >= 11 is 0. The molecule has 25 heavy (non-hydrogen) atoms. The van der Waals surface area contributed by atoms with Crippen LogP contribution in [-0.4, -0.2) is 36.3 Å². The van der Waals surface area contributed by atoms with E-state index in [0.717, 1.165) is 9.75 Å². The number of nitrogens with zero attached hydrogens (tertiary/aromatic N) is 1. The van der Waals surface area contributed by atoms with Crippen LogP contribution in [0.25, 0.3) is 0 Å². The van der Waals surface area contributed by atoms with Crippen LogP contribution in [0.15, 0.2) is 44.7 Å². The van der Waals surface area contributed by atoms with Gasteiger partial charge in [0.05, 0.1) is 0 Å². The Bertz CT molecular complexity index is 803. The largest absolute Gasteiger partial charge is 0.391 e. The van der Waals surface area contributed by atoms with Gasteiger partial charge in [0.2, 0.25) is 0 Å². The van der Waals surface area contributed by atoms with E-state index in [1.54, 1.807) is 0 Å². The van der Waals surface area contributed by atoms with Gasteiger partial charge in [0, 0.05) is 19.8 Å². The van der Waals surface area contributed by atoms with Crippen LogP contribution < -0.4 is 22.3 Å². The molecule has 0 aliphatic carbocycles. The second-order valence-corrected chi connectivity index (χ2v) is 8.59. The van der Waals surface area contributed by atoms with E-state index in [1.807, 2.05) is 44.2 Å². The average molecular weight is 365 g/mol. The highest BCUT2D eigenvalue weighted by Crippen LogP contribution is 2.17. The summed E-state index contributed by atoms with van der Waals surface area (Å²) in [6.45, 7) is 5.04. The zero-order valence-corrected chi connectivity index (χ0v) is 15.4. The maximum absolute atomic E-state index is 11.8. The molecular weight excluding hydrogens is 342 g/mol. The van der Waals surface area contributed by atoms with Crippen LogP contribution in [0.1, 0.15) is 20.3 Å². The molecule has 136 valence electrons. The molecule has 0 atom stereocenters. The van der Waals surface area contributed by atoms with Gasteiger partial charge in [-0.15, -0.1) is 0 Å². The van der Waals surface area contributed by atoms with E-state index in [1.165, 1.54) is 0 Å². The quantitative estimate of drug-likeness (QED) is 0.610. The molecule has 0 bridgehead atoms. The summed E-state index contributed by atoms with van der Waals surface area (Å²) in [6.07, 6.45) is 0.510. The van der Waals surface area contributed by atoms with Crippen molar-refractivity contribution in [3.63, 3.8) is 0 Å². The molecule has 0 unspecified atom stereocenters. The molecular formula is C16H23N3O5Si. The molecule has 0 radical (unpaired) electrons. The van der Waals surface area contributed by atoms with Gasteiger partial charge >= 0.3 is 25.6 Å². The predicted octanol–water partition coefficient (Wildman–Crippen LogP) is 0.0374. The topological polar surface area (TPSA) is 106 Å². The third-order valence-corrected chi connectivity index (χ3v) is 7.52. The minimum absolute atomic E-state index is 0.173. The number of hydrogen-bond acceptors (Lipinski definition) is 5. The Morgan fingerprint density at radius 2 is 1.52 bits per heavy atom. The van der Waals surface area contributed by atoms with Crippen molar-refractivity contribution in [1.82, 2.24) is 14.5 Å². The van der Waals surface area contributed by atoms with Gasteiger partial charge in [-0.25, -0.2) is 19.0 Å². The van der Waals surface area contributed by atoms with Gasteiger partial charge in [0.15, 0.2) is 0 Å². The lowest BCUT2D eigenvalue weighted by atomic mass is 10.4. The van der Waals surface area contributed by atoms with E-state index in [9.17, 15) is 14.4 Å². The number of aromatic amines is 2. The average Bonchev–Trinajstić information content (AvgIpc) is 2.58. The zero-order valence-electron chi connectivity index (χ0n) is 14.4. The van der Waals surface area contributed by atoms with Gasteiger partial charge in [0.25, 0.3) is 0 Å². The minimum Gasteiger partial charge on any atom is -0.391 e. The number of hydrogen-bond donors (Lipinski definition) is 2. The molecule has 1 aromatic carbocycles. The standard InChI is InChI=1S/C16H23N3O5Si/c1-3-23-25(24-4-2,13-9-6-5-7-10-13)12-8-11-19-15(21)17-14(20)18-16(19)22/h5-7,9-10H,3-4,8,11-12H2,1-2H3,(H2,17,18,20,21,22). The van der Waals surface area contributed by atoms with Crippen molar-refractivity contribution in [2.75, 3.05) is 13.2 Å². The summed E-state index contributed by atoms with van der Waals surface area (Å²) in [4.78, 5) is 38.8. The Hall–Kier alpha value is -2.23. The van der Waals surface area contributed by atoms with E-state index in [4.69, 9.17) is 8.85 Å². The summed E-state index contributed by atoms with van der Waals surface area (Å²) in [5.41, 5.74) is -2.23. The molecule has 0 aliphatic heterocycles. The first-order valence-electron chi connectivity index (χ1n) is 8.29. The Balaban J connectivity index is 2.22. The van der Waals surface area contributed by atoms with E-state index < -0.39 is 25.6 Å². The fraction of sp³-hybridized carbons (Fsp3) is 0.438. The van der Waals surface area contributed by atoms with Crippen LogP contribution in [0.2, 0.25) is 6.04 Å². The van der Waals surface area contributed by atoms with E-state index in [-0.39, 0.29) is 6.54 Å². The highest BCUT2D eigenvalue weighted by Gasteiger charge is 2.39. The first-order valence-corrected chi connectivity index (χ1v) is 10.3. The number of H-pyrrole nitrogens is 2. The van der Waals surface area contributed by atoms with E-state index in [0.29, 0.717) is 25.7 Å². The van der Waals surface area contributed by atoms with Gasteiger partial charge in [-0.1, -0.05) is 30.3 Å². The second-order valence-electron chi connectivity index (χ2n) is 5.43. The fourth-order valence-electron chi connectivity index (χ4n) is 2.78. The monoisotopic (exact) mass is 365 g/mol. The van der Waals surface area contributed by atoms with E-state index in [2.05, 4.69) is 9.97 Å². The van der Waals surface area contributed by atoms with Crippen molar-refractivity contribution in [2.45, 2.75) is 32.9 Å². The molecule has 0 fully saturated rings. The second kappa shape index (κ2) is 8.74. The third-order valence-electron chi connectivity index (χ3n) is 3.79. The number of benzene rings is 1. The molecule has 9 heteroatoms. The summed E-state index contributed by atoms with van der Waals surface area (Å²) < 4.78 is 13.1. The van der Waals surface area contributed by atoms with Gasteiger partial charge in [-0.05, 0) is 31.5 Å². The lowest BCUT2D eigenvalue weighted by molar-refractivity contribution is 0.194. The first kappa shape index (κ1) is 19.1. The molecule has 0 saturated carbocycles. The van der Waals surface area contributed by atoms with Crippen molar-refractivity contribution in [1.29, 1.82) is 0 Å². The van der Waals surface area contributed by atoms with Crippen molar-refractivity contribution in [3.8, 4) is 0 Å². The highest BCUT2D eigenvalue weighted by molar-refractivity contribution is 6.81. The highest BCUT2D eigenvalue weighted by atomic mass is 28.4. The molecule has 8 nitrogen and oxygen atoms in total. The maximum Gasteiger partial charge on any atom is 0.372 e. The number of nitrogens with one attached hydrogen (secondary N) is 2. The summed E-state index contributed by atoms with van der Waals surface area (Å²) in [5, 5.41) is 1.02. The molecule has 0 spiro atoms. The van der Waals surface area contributed by atoms with E-state index >= 15 is 0 Å². The lowest BCUT2D eigenvalue weighted by Crippen LogP contribution is -2.54. The molecule has 0 saturated heterocycles. The smallest absolute Gasteiger partial charge is 0.372 e. The SMILES string of the molecule is CCO[Si](CCCn1c(=O)[nH]c(=O)[nH]c1=O)(OCC)c1ccccc1. The van der Waals surface area contributed by atoms with Gasteiger partial charge < -0.3 is 8.85 Å². The number of rotatable bonds is 9. The first-order chi connectivity index (χ1) is 12.0.